The van der Waals surface area contributed by atoms with Gasteiger partial charge in [-0.3, -0.25) is 4.79 Å². The van der Waals surface area contributed by atoms with E-state index in [-0.39, 0.29) is 16.7 Å². The standard InChI is InChI=1S/C22H26N2O6S/c1-28-18-5-7-19(8-6-18)31(26,27)24-11-9-16(10-12-24)22(25)23-15-17-3-2-4-20-21(17)30-14-13-29-20/h2-8,16H,9-15H2,1H3,(H,23,25). The molecule has 2 heterocycles. The molecule has 0 saturated carbocycles. The molecule has 1 amide bonds. The van der Waals surface area contributed by atoms with E-state index in [1.54, 1.807) is 24.3 Å². The third-order valence-corrected chi connectivity index (χ3v) is 7.54. The van der Waals surface area contributed by atoms with Crippen LogP contribution in [0.5, 0.6) is 17.2 Å². The van der Waals surface area contributed by atoms with Crippen molar-refractivity contribution in [2.24, 2.45) is 5.92 Å². The predicted molar refractivity (Wildman–Crippen MR) is 114 cm³/mol. The van der Waals surface area contributed by atoms with Crippen LogP contribution in [0.1, 0.15) is 18.4 Å². The first-order valence-corrected chi connectivity index (χ1v) is 11.7. The van der Waals surface area contributed by atoms with Gasteiger partial charge in [-0.25, -0.2) is 8.42 Å². The summed E-state index contributed by atoms with van der Waals surface area (Å²) < 4.78 is 43.5. The second-order valence-electron chi connectivity index (χ2n) is 7.51. The number of fused-ring (bicyclic) bond motifs is 1. The maximum absolute atomic E-state index is 12.9. The summed E-state index contributed by atoms with van der Waals surface area (Å²) in [4.78, 5) is 12.9. The van der Waals surface area contributed by atoms with Crippen molar-refractivity contribution < 1.29 is 27.4 Å². The van der Waals surface area contributed by atoms with Crippen molar-refractivity contribution in [2.45, 2.75) is 24.3 Å². The normalized spacial score (nSPS) is 17.2. The molecule has 0 atom stereocenters. The van der Waals surface area contributed by atoms with Gasteiger partial charge in [0.1, 0.15) is 19.0 Å². The van der Waals surface area contributed by atoms with Gasteiger partial charge < -0.3 is 19.5 Å². The van der Waals surface area contributed by atoms with E-state index in [2.05, 4.69) is 5.32 Å². The Hall–Kier alpha value is -2.78. The van der Waals surface area contributed by atoms with Gasteiger partial charge in [-0.1, -0.05) is 12.1 Å². The first-order chi connectivity index (χ1) is 15.0. The maximum atomic E-state index is 12.9. The summed E-state index contributed by atoms with van der Waals surface area (Å²) in [5.74, 6) is 1.67. The zero-order chi connectivity index (χ0) is 21.8. The summed E-state index contributed by atoms with van der Waals surface area (Å²) in [6, 6.07) is 12.0. The Morgan fingerprint density at radius 2 is 1.81 bits per heavy atom. The summed E-state index contributed by atoms with van der Waals surface area (Å²) >= 11 is 0. The number of hydrogen-bond donors (Lipinski definition) is 1. The van der Waals surface area contributed by atoms with E-state index >= 15 is 0 Å². The number of methoxy groups -OCH3 is 1. The third kappa shape index (κ3) is 4.62. The van der Waals surface area contributed by atoms with Gasteiger partial charge in [0.05, 0.1) is 12.0 Å². The molecule has 31 heavy (non-hydrogen) atoms. The van der Waals surface area contributed by atoms with E-state index in [1.807, 2.05) is 18.2 Å². The highest BCUT2D eigenvalue weighted by Crippen LogP contribution is 2.33. The molecule has 0 spiro atoms. The van der Waals surface area contributed by atoms with Gasteiger partial charge in [0, 0.05) is 31.1 Å². The number of carbonyl (C=O) groups is 1. The minimum atomic E-state index is -3.59. The Bertz CT molecular complexity index is 1030. The molecule has 1 N–H and O–H groups in total. The molecule has 0 unspecified atom stereocenters. The lowest BCUT2D eigenvalue weighted by Crippen LogP contribution is -2.42. The number of benzene rings is 2. The number of rotatable bonds is 6. The lowest BCUT2D eigenvalue weighted by molar-refractivity contribution is -0.126. The highest BCUT2D eigenvalue weighted by atomic mass is 32.2. The molecular weight excluding hydrogens is 420 g/mol. The van der Waals surface area contributed by atoms with Gasteiger partial charge in [-0.2, -0.15) is 4.31 Å². The van der Waals surface area contributed by atoms with E-state index in [4.69, 9.17) is 14.2 Å². The van der Waals surface area contributed by atoms with Crippen molar-refractivity contribution in [3.05, 3.63) is 48.0 Å². The molecule has 9 heteroatoms. The van der Waals surface area contributed by atoms with Crippen molar-refractivity contribution >= 4 is 15.9 Å². The van der Waals surface area contributed by atoms with Crippen LogP contribution in [-0.4, -0.2) is 52.0 Å². The quantitative estimate of drug-likeness (QED) is 0.731. The fourth-order valence-electron chi connectivity index (χ4n) is 3.86. The summed E-state index contributed by atoms with van der Waals surface area (Å²) in [6.07, 6.45) is 0.960. The Labute approximate surface area is 182 Å². The largest absolute Gasteiger partial charge is 0.497 e. The van der Waals surface area contributed by atoms with E-state index in [0.717, 1.165) is 5.56 Å². The minimum Gasteiger partial charge on any atom is -0.497 e. The Balaban J connectivity index is 1.33. The summed E-state index contributed by atoms with van der Waals surface area (Å²) in [5, 5.41) is 2.96. The summed E-state index contributed by atoms with van der Waals surface area (Å²) in [7, 11) is -2.05. The SMILES string of the molecule is COc1ccc(S(=O)(=O)N2CCC(C(=O)NCc3cccc4c3OCCO4)CC2)cc1. The van der Waals surface area contributed by atoms with Crippen LogP contribution in [0.15, 0.2) is 47.4 Å². The molecular formula is C22H26N2O6S. The smallest absolute Gasteiger partial charge is 0.243 e. The van der Waals surface area contributed by atoms with Crippen LogP contribution in [0.2, 0.25) is 0 Å². The number of piperidine rings is 1. The van der Waals surface area contributed by atoms with Crippen molar-refractivity contribution in [1.82, 2.24) is 9.62 Å². The number of nitrogens with zero attached hydrogens (tertiary/aromatic N) is 1. The van der Waals surface area contributed by atoms with Gasteiger partial charge in [-0.15, -0.1) is 0 Å². The zero-order valence-corrected chi connectivity index (χ0v) is 18.2. The number of ether oxygens (including phenoxy) is 3. The molecule has 8 nitrogen and oxygen atoms in total. The number of carbonyl (C=O) groups excluding carboxylic acids is 1. The van der Waals surface area contributed by atoms with E-state index in [0.29, 0.717) is 62.9 Å². The lowest BCUT2D eigenvalue weighted by atomic mass is 9.97. The number of sulfonamides is 1. The van der Waals surface area contributed by atoms with Gasteiger partial charge in [0.25, 0.3) is 0 Å². The van der Waals surface area contributed by atoms with Crippen molar-refractivity contribution in [2.75, 3.05) is 33.4 Å². The molecule has 0 aromatic heterocycles. The fraction of sp³-hybridized carbons (Fsp3) is 0.409. The van der Waals surface area contributed by atoms with Crippen molar-refractivity contribution in [3.8, 4) is 17.2 Å². The molecule has 2 aliphatic heterocycles. The highest BCUT2D eigenvalue weighted by Gasteiger charge is 2.32. The van der Waals surface area contributed by atoms with Crippen molar-refractivity contribution in [1.29, 1.82) is 0 Å². The molecule has 0 aliphatic carbocycles. The van der Waals surface area contributed by atoms with Gasteiger partial charge in [0.2, 0.25) is 15.9 Å². The molecule has 1 saturated heterocycles. The van der Waals surface area contributed by atoms with Crippen molar-refractivity contribution in [3.63, 3.8) is 0 Å². The average Bonchev–Trinajstić information content (AvgIpc) is 2.82. The van der Waals surface area contributed by atoms with Crippen LogP contribution in [0.3, 0.4) is 0 Å². The second kappa shape index (κ2) is 9.15. The summed E-state index contributed by atoms with van der Waals surface area (Å²) in [5.41, 5.74) is 0.866. The number of nitrogens with one attached hydrogen (secondary N) is 1. The number of amides is 1. The average molecular weight is 447 g/mol. The molecule has 1 fully saturated rings. The molecule has 2 aliphatic rings. The molecule has 0 bridgehead atoms. The fourth-order valence-corrected chi connectivity index (χ4v) is 5.32. The molecule has 4 rings (SSSR count). The molecule has 2 aromatic carbocycles. The van der Waals surface area contributed by atoms with Crippen LogP contribution in [-0.2, 0) is 21.4 Å². The lowest BCUT2D eigenvalue weighted by Gasteiger charge is -2.30. The van der Waals surface area contributed by atoms with Crippen LogP contribution < -0.4 is 19.5 Å². The molecule has 0 radical (unpaired) electrons. The first-order valence-electron chi connectivity index (χ1n) is 10.3. The van der Waals surface area contributed by atoms with Crippen LogP contribution in [0.4, 0.5) is 0 Å². The van der Waals surface area contributed by atoms with E-state index < -0.39 is 10.0 Å². The van der Waals surface area contributed by atoms with Gasteiger partial charge in [0.15, 0.2) is 11.5 Å². The Kier molecular flexibility index (Phi) is 6.33. The second-order valence-corrected chi connectivity index (χ2v) is 9.45. The van der Waals surface area contributed by atoms with Gasteiger partial charge >= 0.3 is 0 Å². The van der Waals surface area contributed by atoms with Crippen LogP contribution >= 0.6 is 0 Å². The van der Waals surface area contributed by atoms with Crippen LogP contribution in [0.25, 0.3) is 0 Å². The minimum absolute atomic E-state index is 0.0733. The van der Waals surface area contributed by atoms with E-state index in [9.17, 15) is 13.2 Å². The summed E-state index contributed by atoms with van der Waals surface area (Å²) in [6.45, 7) is 1.96. The number of hydrogen-bond acceptors (Lipinski definition) is 6. The van der Waals surface area contributed by atoms with Gasteiger partial charge in [-0.05, 0) is 43.2 Å². The van der Waals surface area contributed by atoms with Crippen LogP contribution in [0, 0.1) is 5.92 Å². The molecule has 2 aromatic rings. The third-order valence-electron chi connectivity index (χ3n) is 5.62. The highest BCUT2D eigenvalue weighted by molar-refractivity contribution is 7.89. The monoisotopic (exact) mass is 446 g/mol. The Morgan fingerprint density at radius 3 is 2.52 bits per heavy atom. The Morgan fingerprint density at radius 1 is 1.10 bits per heavy atom. The maximum Gasteiger partial charge on any atom is 0.243 e. The number of para-hydroxylation sites is 1. The zero-order valence-electron chi connectivity index (χ0n) is 17.4. The first kappa shape index (κ1) is 21.5. The predicted octanol–water partition coefficient (Wildman–Crippen LogP) is 2.18. The molecule has 166 valence electrons. The van der Waals surface area contributed by atoms with E-state index in [1.165, 1.54) is 11.4 Å². The topological polar surface area (TPSA) is 94.2 Å².